The van der Waals surface area contributed by atoms with Crippen LogP contribution in [0.25, 0.3) is 0 Å². The molecule has 0 saturated heterocycles. The zero-order valence-corrected chi connectivity index (χ0v) is 8.85. The minimum Gasteiger partial charge on any atom is -0.550 e. The van der Waals surface area contributed by atoms with Crippen molar-refractivity contribution in [3.05, 3.63) is 0 Å². The fraction of sp³-hybridized carbons (Fsp3) is 0.600. The Morgan fingerprint density at radius 1 is 1.08 bits per heavy atom. The van der Waals surface area contributed by atoms with Crippen molar-refractivity contribution < 1.29 is 36.9 Å². The molecule has 0 amide bonds. The Kier molecular flexibility index (Phi) is 42.5. The molecule has 0 aromatic rings. The molecule has 0 spiro atoms. The van der Waals surface area contributed by atoms with Crippen molar-refractivity contribution in [2.45, 2.75) is 13.8 Å². The molecule has 0 aromatic carbocycles. The van der Waals surface area contributed by atoms with Crippen molar-refractivity contribution in [3.8, 4) is 0 Å². The number of halogens is 2. The fourth-order valence-electron chi connectivity index (χ4n) is 0. The van der Waals surface area contributed by atoms with Crippen LogP contribution in [0.3, 0.4) is 0 Å². The molecule has 0 aromatic heterocycles. The van der Waals surface area contributed by atoms with Crippen LogP contribution < -0.4 is 10.2 Å². The summed E-state index contributed by atoms with van der Waals surface area (Å²) in [6, 6.07) is 0. The zero-order chi connectivity index (χ0) is 9.86. The molecule has 0 unspecified atom stereocenters. The van der Waals surface area contributed by atoms with Crippen molar-refractivity contribution in [2.75, 3.05) is 5.34 Å². The molecular weight excluding hydrogens is 259 g/mol. The molecule has 7 heteroatoms. The first-order valence-electron chi connectivity index (χ1n) is 2.35. The van der Waals surface area contributed by atoms with Gasteiger partial charge in [0.25, 0.3) is 0 Å². The Hall–Kier alpha value is 0.0395. The first kappa shape index (κ1) is 22.7. The topological polar surface area (TPSA) is 80.3 Å². The number of carboxylic acid groups (broad SMARTS) is 2. The van der Waals surface area contributed by atoms with E-state index in [2.05, 4.69) is 0 Å². The van der Waals surface area contributed by atoms with Gasteiger partial charge in [-0.05, 0) is 13.8 Å². The van der Waals surface area contributed by atoms with E-state index in [-0.39, 0.29) is 22.4 Å². The van der Waals surface area contributed by atoms with Crippen LogP contribution in [0.5, 0.6) is 0 Å². The maximum absolute atomic E-state index is 8.89. The van der Waals surface area contributed by atoms with Crippen molar-refractivity contribution in [1.82, 2.24) is 0 Å². The second kappa shape index (κ2) is 22.5. The van der Waals surface area contributed by atoms with E-state index in [0.29, 0.717) is 0 Å². The Labute approximate surface area is 91.3 Å². The third-order valence-corrected chi connectivity index (χ3v) is 0. The number of carbonyl (C=O) groups excluding carboxylic acids is 2. The molecule has 0 heterocycles. The molecule has 0 rings (SSSR count). The van der Waals surface area contributed by atoms with Crippen molar-refractivity contribution in [1.29, 1.82) is 0 Å². The first-order valence-corrected chi connectivity index (χ1v) is 3.42. The summed E-state index contributed by atoms with van der Waals surface area (Å²) in [4.78, 5) is 17.8. The standard InChI is InChI=1S/2C2H4O2.CH2Cl2.Cu/c2*1-2(3)4;2-1-3;/h2*1H3,(H,3,4);1H2;/q;;;+2/p-2. The summed E-state index contributed by atoms with van der Waals surface area (Å²) in [5, 5.41) is 18.0. The van der Waals surface area contributed by atoms with Gasteiger partial charge in [0.2, 0.25) is 0 Å². The molecule has 0 aliphatic rings. The van der Waals surface area contributed by atoms with Crippen molar-refractivity contribution in [2.24, 2.45) is 0 Å². The summed E-state index contributed by atoms with van der Waals surface area (Å²) in [5.41, 5.74) is 0. The van der Waals surface area contributed by atoms with Gasteiger partial charge in [-0.2, -0.15) is 0 Å². The number of hydrogen-bond donors (Lipinski definition) is 0. The molecule has 0 atom stereocenters. The quantitative estimate of drug-likeness (QED) is 0.413. The molecule has 0 fully saturated rings. The van der Waals surface area contributed by atoms with E-state index >= 15 is 0 Å². The predicted molar refractivity (Wildman–Crippen MR) is 37.9 cm³/mol. The predicted octanol–water partition coefficient (Wildman–Crippen LogP) is -1.07. The zero-order valence-electron chi connectivity index (χ0n) is 6.40. The van der Waals surface area contributed by atoms with E-state index in [9.17, 15) is 0 Å². The normalized spacial score (nSPS) is 5.67. The van der Waals surface area contributed by atoms with Gasteiger partial charge in [-0.1, -0.05) is 0 Å². The van der Waals surface area contributed by atoms with Crippen LogP contribution in [0.4, 0.5) is 0 Å². The number of rotatable bonds is 0. The number of hydrogen-bond acceptors (Lipinski definition) is 4. The van der Waals surface area contributed by atoms with E-state index in [1.165, 1.54) is 0 Å². The number of carbonyl (C=O) groups is 2. The summed E-state index contributed by atoms with van der Waals surface area (Å²) < 4.78 is 0. The van der Waals surface area contributed by atoms with Crippen molar-refractivity contribution in [3.63, 3.8) is 0 Å². The summed E-state index contributed by atoms with van der Waals surface area (Å²) in [6.07, 6.45) is 0. The number of carboxylic acids is 2. The van der Waals surface area contributed by atoms with Gasteiger partial charge in [0.05, 0.1) is 5.34 Å². The number of alkyl halides is 2. The van der Waals surface area contributed by atoms with Crippen LogP contribution in [0.15, 0.2) is 0 Å². The Morgan fingerprint density at radius 3 is 1.08 bits per heavy atom. The molecule has 4 nitrogen and oxygen atoms in total. The van der Waals surface area contributed by atoms with Gasteiger partial charge < -0.3 is 19.8 Å². The van der Waals surface area contributed by atoms with Gasteiger partial charge in [-0.15, -0.1) is 23.2 Å². The maximum atomic E-state index is 8.89. The summed E-state index contributed by atoms with van der Waals surface area (Å²) in [7, 11) is 0. The summed E-state index contributed by atoms with van der Waals surface area (Å²) in [6.45, 7) is 1.94. The molecule has 0 aliphatic heterocycles. The molecular formula is C5H8Cl2CuO4. The monoisotopic (exact) mass is 265 g/mol. The Bertz CT molecular complexity index is 89.6. The fourth-order valence-corrected chi connectivity index (χ4v) is 0. The van der Waals surface area contributed by atoms with E-state index < -0.39 is 11.9 Å². The van der Waals surface area contributed by atoms with Gasteiger partial charge in [0.15, 0.2) is 0 Å². The van der Waals surface area contributed by atoms with Gasteiger partial charge >= 0.3 is 17.1 Å². The third kappa shape index (κ3) is 526000. The smallest absolute Gasteiger partial charge is 0.550 e. The van der Waals surface area contributed by atoms with Gasteiger partial charge in [-0.3, -0.25) is 0 Å². The van der Waals surface area contributed by atoms with E-state index in [1.807, 2.05) is 0 Å². The van der Waals surface area contributed by atoms with Crippen molar-refractivity contribution >= 4 is 35.1 Å². The van der Waals surface area contributed by atoms with Gasteiger partial charge in [-0.25, -0.2) is 0 Å². The Morgan fingerprint density at radius 2 is 1.08 bits per heavy atom. The van der Waals surface area contributed by atoms with Crippen LogP contribution in [-0.4, -0.2) is 17.3 Å². The average Bonchev–Trinajstić information content (AvgIpc) is 1.60. The van der Waals surface area contributed by atoms with Crippen LogP contribution in [0, 0.1) is 0 Å². The molecule has 0 saturated carbocycles. The van der Waals surface area contributed by atoms with Crippen LogP contribution in [-0.2, 0) is 26.7 Å². The average molecular weight is 267 g/mol. The van der Waals surface area contributed by atoms with E-state index in [1.54, 1.807) is 0 Å². The van der Waals surface area contributed by atoms with E-state index in [0.717, 1.165) is 13.8 Å². The van der Waals surface area contributed by atoms with Crippen LogP contribution in [0.2, 0.25) is 0 Å². The first-order chi connectivity index (χ1) is 4.88. The maximum Gasteiger partial charge on any atom is 2.00 e. The largest absolute Gasteiger partial charge is 2.00 e. The molecule has 1 radical (unpaired) electrons. The van der Waals surface area contributed by atoms with Gasteiger partial charge in [0.1, 0.15) is 0 Å². The SMILES string of the molecule is CC(=O)[O-].CC(=O)[O-].ClCCl.[Cu+2]. The van der Waals surface area contributed by atoms with Crippen LogP contribution in [0.1, 0.15) is 13.8 Å². The second-order valence-corrected chi connectivity index (χ2v) is 1.89. The summed E-state index contributed by atoms with van der Waals surface area (Å²) in [5.74, 6) is -2.17. The molecule has 0 aliphatic carbocycles. The van der Waals surface area contributed by atoms with Gasteiger partial charge in [0, 0.05) is 11.9 Å². The molecule has 0 bridgehead atoms. The Balaban J connectivity index is -0.0000000389. The third-order valence-electron chi connectivity index (χ3n) is 0. The van der Waals surface area contributed by atoms with Crippen LogP contribution >= 0.6 is 23.2 Å². The second-order valence-electron chi connectivity index (χ2n) is 1.08. The minimum absolute atomic E-state index is 0. The molecule has 77 valence electrons. The summed E-state index contributed by atoms with van der Waals surface area (Å²) >= 11 is 9.53. The number of aliphatic carboxylic acids is 2. The minimum atomic E-state index is -1.08. The molecule has 0 N–H and O–H groups in total. The van der Waals surface area contributed by atoms with E-state index in [4.69, 9.17) is 43.0 Å². The molecule has 12 heavy (non-hydrogen) atoms.